The van der Waals surface area contributed by atoms with E-state index in [0.29, 0.717) is 22.3 Å². The average molecular weight is 1780 g/mol. The van der Waals surface area contributed by atoms with Crippen LogP contribution in [0.2, 0.25) is 0 Å². The predicted molar refractivity (Wildman–Crippen MR) is 417 cm³/mol. The van der Waals surface area contributed by atoms with Gasteiger partial charge in [0.05, 0.1) is 24.0 Å². The highest BCUT2D eigenvalue weighted by atomic mass is 16.7. The van der Waals surface area contributed by atoms with Gasteiger partial charge in [0.2, 0.25) is 42.9 Å². The molecule has 0 aliphatic carbocycles. The Kier molecular flexibility index (Phi) is 31.0. The van der Waals surface area contributed by atoms with Gasteiger partial charge in [0, 0.05) is 48.6 Å². The average Bonchev–Trinajstić information content (AvgIpc) is 0.759. The summed E-state index contributed by atoms with van der Waals surface area (Å²) in [5, 5.41) is 229. The summed E-state index contributed by atoms with van der Waals surface area (Å²) in [6.07, 6.45) is -40.7. The van der Waals surface area contributed by atoms with E-state index < -0.39 is 280 Å². The molecule has 43 nitrogen and oxygen atoms in total. The highest BCUT2D eigenvalue weighted by molar-refractivity contribution is 5.91. The molecule has 5 aliphatic heterocycles. The van der Waals surface area contributed by atoms with E-state index in [2.05, 4.69) is 0 Å². The number of hydrogen-bond donors (Lipinski definition) is 20. The fourth-order valence-corrected chi connectivity index (χ4v) is 13.1. The summed E-state index contributed by atoms with van der Waals surface area (Å²) in [4.78, 5) is 74.9. The number of carbonyl (C=O) groups is 6. The van der Waals surface area contributed by atoms with Crippen molar-refractivity contribution in [3.8, 4) is 68.8 Å². The van der Waals surface area contributed by atoms with Crippen molar-refractivity contribution in [3.05, 3.63) is 174 Å². The van der Waals surface area contributed by atoms with Gasteiger partial charge in [0.25, 0.3) is 0 Å². The standard InChI is InChI=1S/C84H86O43/c85-41-13-1-36(2-14-41)9-21-58(91)112-31-52-64(97)69(102)74(107)80(123-52)117-44-17-5-38(6-18-44)11-23-60(93)114-33-54-66(99)71(104)76(109)82(125-54)120-49-25-40(79-51(29-46-47(88)27-43(87)28-48(46)119-79)122-84-78(111)73(106)68(101)56(127-84)35-116-62(95)30-57(89)90)26-50(63(49)96)121-83-77(110)72(105)67(100)55(126-83)34-115-61(94)24-12-39-7-19-45(20-8-39)118-81-75(108)70(103)65(98)53(124-81)32-113-59(92)22-10-37-3-15-42(86)16-4-37/h1-29,52-56,64-78,80-84,97-111H,30-35H2,(H5-,85,86,87,88,89,90,91,92,96)/b23-11+,24-12+/t52-,53-,54-,55-,56-,64-,65-,66-,67-,68-,69+,70+,71+,72+,73+,74-,75-,76-,77-,78-,80-,81-,82-,83-,84-/m1/s1. The van der Waals surface area contributed by atoms with E-state index in [9.17, 15) is 136 Å². The van der Waals surface area contributed by atoms with Crippen LogP contribution >= 0.6 is 0 Å². The number of carboxylic acid groups (broad SMARTS) is 1. The third-order valence-corrected chi connectivity index (χ3v) is 20.1. The number of fused-ring (bicyclic) bond motifs is 1. The summed E-state index contributed by atoms with van der Waals surface area (Å²) in [5.74, 6) is -12.7. The Morgan fingerprint density at radius 1 is 0.331 bits per heavy atom. The van der Waals surface area contributed by atoms with Crippen molar-refractivity contribution in [3.63, 3.8) is 0 Å². The van der Waals surface area contributed by atoms with Gasteiger partial charge in [-0.3, -0.25) is 4.79 Å². The van der Waals surface area contributed by atoms with E-state index in [-0.39, 0.29) is 28.4 Å². The number of ether oxygens (including phenoxy) is 15. The monoisotopic (exact) mass is 1780 g/mol. The smallest absolute Gasteiger partial charge is 0.402 e. The molecular weight excluding hydrogens is 1700 g/mol. The zero-order chi connectivity index (χ0) is 91.4. The number of carbonyl (C=O) groups excluding carboxylic acids is 6. The van der Waals surface area contributed by atoms with E-state index in [1.165, 1.54) is 121 Å². The lowest BCUT2D eigenvalue weighted by Gasteiger charge is -2.40. The van der Waals surface area contributed by atoms with Crippen molar-refractivity contribution in [2.45, 2.75) is 160 Å². The van der Waals surface area contributed by atoms with Crippen LogP contribution in [0.4, 0.5) is 0 Å². The first kappa shape index (κ1) is 93.9. The lowest BCUT2D eigenvalue weighted by molar-refractivity contribution is -0.305. The minimum atomic E-state index is -2.31. The summed E-state index contributed by atoms with van der Waals surface area (Å²) >= 11 is 0. The number of aliphatic hydroxyl groups is 15. The molecule has 43 heteroatoms. The van der Waals surface area contributed by atoms with Crippen molar-refractivity contribution in [1.82, 2.24) is 0 Å². The number of phenols is 5. The molecule has 5 aliphatic rings. The molecule has 680 valence electrons. The second-order valence-corrected chi connectivity index (χ2v) is 29.2. The lowest BCUT2D eigenvalue weighted by Crippen LogP contribution is -2.60. The van der Waals surface area contributed by atoms with Crippen LogP contribution in [0.5, 0.6) is 57.5 Å². The quantitative estimate of drug-likeness (QED) is 0.00661. The van der Waals surface area contributed by atoms with Gasteiger partial charge in [-0.25, -0.2) is 23.6 Å². The molecule has 6 heterocycles. The number of hydrogen-bond acceptors (Lipinski definition) is 42. The molecule has 127 heavy (non-hydrogen) atoms. The fourth-order valence-electron chi connectivity index (χ4n) is 13.1. The molecule has 5 fully saturated rings. The molecule has 0 spiro atoms. The van der Waals surface area contributed by atoms with Crippen LogP contribution in [0.15, 0.2) is 156 Å². The summed E-state index contributed by atoms with van der Waals surface area (Å²) < 4.78 is 90.4. The zero-order valence-electron chi connectivity index (χ0n) is 65.8. The second kappa shape index (κ2) is 41.9. The third-order valence-electron chi connectivity index (χ3n) is 20.1. The van der Waals surface area contributed by atoms with Crippen molar-refractivity contribution < 1.29 is 211 Å². The zero-order valence-corrected chi connectivity index (χ0v) is 65.8. The number of carboxylic acids is 1. The first-order chi connectivity index (χ1) is 60.5. The molecule has 20 N–H and O–H groups in total. The Morgan fingerprint density at radius 3 is 0.937 bits per heavy atom. The van der Waals surface area contributed by atoms with Crippen LogP contribution in [0, 0.1) is 0 Å². The number of aromatic hydroxyl groups is 5. The highest BCUT2D eigenvalue weighted by Gasteiger charge is 2.52. The van der Waals surface area contributed by atoms with Crippen LogP contribution in [0.1, 0.15) is 28.7 Å². The largest absolute Gasteiger partial charge is 0.550 e. The number of benzene rings is 6. The summed E-state index contributed by atoms with van der Waals surface area (Å²) in [6.45, 7) is -4.00. The summed E-state index contributed by atoms with van der Waals surface area (Å²) in [6, 6.07) is 27.3. The lowest BCUT2D eigenvalue weighted by atomic mass is 9.99. The molecule has 0 saturated carbocycles. The maximum absolute atomic E-state index is 13.3. The fraction of sp³-hybridized carbons (Fsp3) is 0.369. The number of aliphatic carboxylic acids is 1. The Morgan fingerprint density at radius 2 is 0.622 bits per heavy atom. The molecule has 0 unspecified atom stereocenters. The number of phenolic OH excluding ortho intramolecular Hbond substituents is 5. The number of aliphatic hydroxyl groups excluding tert-OH is 15. The third kappa shape index (κ3) is 23.7. The molecule has 7 aromatic rings. The topological polar surface area (TPSA) is 680 Å². The number of esters is 5. The maximum atomic E-state index is 13.3. The molecule has 25 atom stereocenters. The number of rotatable bonds is 31. The Bertz CT molecular complexity index is 4870. The van der Waals surface area contributed by atoms with E-state index >= 15 is 0 Å². The maximum Gasteiger partial charge on any atom is 0.402 e. The molecular formula is C84H86O43. The SMILES string of the molecule is O=C([O-])CC(=O)OC[C@H]1O[C@@H](Oc2cc3c(O)cc(O)cc3[o+]c2-c2cc(O[C@@H]3O[C@H](COC(=O)/C=C/c4ccc(O[C@@H]5O[C@H](COC(=O)/C=C/c6ccc(O)cc6)[C@@H](O)[C@H](O)[C@H]5O)cc4)[C@@H](O)[C@H](O)[C@H]3O)c(O)c(O[C@@H]3O[C@H](COC(=O)/C=C/c4ccc(O[C@@H]5O[C@H](COC(=O)/C=C/c6ccc(O)cc6)[C@@H](O)[C@H](O)[C@H]5O)cc4)[C@@H](O)[C@H](O)[C@H]3O)c2)[C@H](O)[C@@H](O)[C@@H]1O. The molecule has 0 bridgehead atoms. The minimum absolute atomic E-state index is 0.00227. The normalized spacial score (nSPS) is 29.7. The van der Waals surface area contributed by atoms with E-state index in [4.69, 9.17) is 75.5 Å². The van der Waals surface area contributed by atoms with Crippen LogP contribution in [-0.4, -0.2) is 325 Å². The molecule has 0 amide bonds. The van der Waals surface area contributed by atoms with Gasteiger partial charge in [0.1, 0.15) is 195 Å². The first-order valence-corrected chi connectivity index (χ1v) is 38.6. The van der Waals surface area contributed by atoms with Gasteiger partial charge in [-0.05, 0) is 95.1 Å². The highest BCUT2D eigenvalue weighted by Crippen LogP contribution is 2.48. The van der Waals surface area contributed by atoms with Crippen LogP contribution in [0.3, 0.4) is 0 Å². The molecule has 5 saturated heterocycles. The van der Waals surface area contributed by atoms with Crippen molar-refractivity contribution in [2.75, 3.05) is 33.0 Å². The van der Waals surface area contributed by atoms with Gasteiger partial charge in [-0.2, -0.15) is 0 Å². The Labute approximate surface area is 715 Å². The predicted octanol–water partition coefficient (Wildman–Crippen LogP) is -3.45. The van der Waals surface area contributed by atoms with Gasteiger partial charge >= 0.3 is 41.2 Å². The van der Waals surface area contributed by atoms with Gasteiger partial charge < -0.3 is 183 Å². The van der Waals surface area contributed by atoms with Gasteiger partial charge in [-0.15, -0.1) is 0 Å². The van der Waals surface area contributed by atoms with Crippen LogP contribution < -0.4 is 28.8 Å². The molecule has 6 aromatic carbocycles. The molecule has 12 rings (SSSR count). The van der Waals surface area contributed by atoms with Crippen molar-refractivity contribution >= 4 is 71.1 Å². The Hall–Kier alpha value is -12.3. The minimum Gasteiger partial charge on any atom is -0.550 e. The molecule has 0 radical (unpaired) electrons. The van der Waals surface area contributed by atoms with Crippen LogP contribution in [-0.2, 0) is 76.1 Å². The van der Waals surface area contributed by atoms with Crippen LogP contribution in [0.25, 0.3) is 46.6 Å². The van der Waals surface area contributed by atoms with Gasteiger partial charge in [0.15, 0.2) is 11.5 Å². The molecule has 1 aromatic heterocycles. The van der Waals surface area contributed by atoms with E-state index in [1.807, 2.05) is 0 Å². The second-order valence-electron chi connectivity index (χ2n) is 29.2. The van der Waals surface area contributed by atoms with Crippen molar-refractivity contribution in [1.29, 1.82) is 0 Å². The Balaban J connectivity index is 0.741. The van der Waals surface area contributed by atoms with E-state index in [1.54, 1.807) is 0 Å². The van der Waals surface area contributed by atoms with Crippen molar-refractivity contribution in [2.24, 2.45) is 0 Å². The van der Waals surface area contributed by atoms with Gasteiger partial charge in [-0.1, -0.05) is 48.5 Å². The summed E-state index contributed by atoms with van der Waals surface area (Å²) in [5.41, 5.74) is 0.832. The first-order valence-electron chi connectivity index (χ1n) is 38.6. The summed E-state index contributed by atoms with van der Waals surface area (Å²) in [7, 11) is 0. The van der Waals surface area contributed by atoms with E-state index in [0.717, 1.165) is 54.6 Å².